The van der Waals surface area contributed by atoms with Gasteiger partial charge in [0.1, 0.15) is 0 Å². The quantitative estimate of drug-likeness (QED) is 0.195. The standard InChI is InChI=1S/C44H30N2/c1-2-13-36(14-3-1)45(39-28-22-31-10-4-5-12-35(31)30-39)37-24-18-32(19-25-37)33-20-26-38(27-21-33)46-43-17-9-8-16-41(43)42-29-23-34-11-6-7-15-40(34)44(42)46/h1-30H. The average Bonchev–Trinajstić information content (AvgIpc) is 3.47. The van der Waals surface area contributed by atoms with Crippen LogP contribution >= 0.6 is 0 Å². The van der Waals surface area contributed by atoms with Crippen LogP contribution in [0.4, 0.5) is 17.1 Å². The van der Waals surface area contributed by atoms with Crippen molar-refractivity contribution >= 4 is 60.4 Å². The summed E-state index contributed by atoms with van der Waals surface area (Å²) in [6.45, 7) is 0. The molecule has 0 fully saturated rings. The van der Waals surface area contributed by atoms with E-state index in [0.29, 0.717) is 0 Å². The second-order valence-corrected chi connectivity index (χ2v) is 11.8. The van der Waals surface area contributed by atoms with Crippen molar-refractivity contribution in [2.75, 3.05) is 4.90 Å². The van der Waals surface area contributed by atoms with Crippen LogP contribution in [0.5, 0.6) is 0 Å². The molecule has 9 aromatic rings. The summed E-state index contributed by atoms with van der Waals surface area (Å²) >= 11 is 0. The predicted octanol–water partition coefficient (Wildman–Crippen LogP) is 12.2. The number of anilines is 3. The molecule has 0 atom stereocenters. The Morgan fingerprint density at radius 3 is 1.70 bits per heavy atom. The van der Waals surface area contributed by atoms with Crippen LogP contribution in [0.3, 0.4) is 0 Å². The molecule has 0 bridgehead atoms. The smallest absolute Gasteiger partial charge is 0.0619 e. The van der Waals surface area contributed by atoms with Gasteiger partial charge in [-0.15, -0.1) is 0 Å². The maximum atomic E-state index is 2.42. The summed E-state index contributed by atoms with van der Waals surface area (Å²) in [6, 6.07) is 65.6. The number of hydrogen-bond acceptors (Lipinski definition) is 1. The molecule has 0 saturated carbocycles. The highest BCUT2D eigenvalue weighted by Gasteiger charge is 2.16. The van der Waals surface area contributed by atoms with E-state index in [-0.39, 0.29) is 0 Å². The molecule has 0 spiro atoms. The lowest BCUT2D eigenvalue weighted by molar-refractivity contribution is 1.19. The van der Waals surface area contributed by atoms with Crippen molar-refractivity contribution in [1.82, 2.24) is 4.57 Å². The molecule has 2 nitrogen and oxygen atoms in total. The van der Waals surface area contributed by atoms with Gasteiger partial charge in [-0.25, -0.2) is 0 Å². The van der Waals surface area contributed by atoms with Crippen molar-refractivity contribution in [2.45, 2.75) is 0 Å². The van der Waals surface area contributed by atoms with E-state index in [4.69, 9.17) is 0 Å². The third-order valence-corrected chi connectivity index (χ3v) is 9.15. The molecule has 0 aliphatic rings. The van der Waals surface area contributed by atoms with Gasteiger partial charge in [-0.2, -0.15) is 0 Å². The maximum absolute atomic E-state index is 2.42. The van der Waals surface area contributed by atoms with E-state index in [1.807, 2.05) is 0 Å². The molecule has 46 heavy (non-hydrogen) atoms. The van der Waals surface area contributed by atoms with E-state index >= 15 is 0 Å². The zero-order chi connectivity index (χ0) is 30.5. The molecule has 9 rings (SSSR count). The average molecular weight is 587 g/mol. The molecule has 0 aliphatic heterocycles. The molecule has 2 heteroatoms. The zero-order valence-corrected chi connectivity index (χ0v) is 25.2. The molecule has 0 unspecified atom stereocenters. The van der Waals surface area contributed by atoms with Gasteiger partial charge in [0.05, 0.1) is 11.0 Å². The highest BCUT2D eigenvalue weighted by molar-refractivity contribution is 6.18. The number of para-hydroxylation sites is 2. The maximum Gasteiger partial charge on any atom is 0.0619 e. The lowest BCUT2D eigenvalue weighted by atomic mass is 10.0. The molecular weight excluding hydrogens is 556 g/mol. The molecule has 0 aliphatic carbocycles. The lowest BCUT2D eigenvalue weighted by Crippen LogP contribution is -2.09. The van der Waals surface area contributed by atoms with Crippen LogP contribution in [0.25, 0.3) is 60.2 Å². The van der Waals surface area contributed by atoms with Gasteiger partial charge in [0.15, 0.2) is 0 Å². The summed E-state index contributed by atoms with van der Waals surface area (Å²) < 4.78 is 2.42. The number of nitrogens with zero attached hydrogens (tertiary/aromatic N) is 2. The molecule has 8 aromatic carbocycles. The topological polar surface area (TPSA) is 8.17 Å². The third kappa shape index (κ3) is 4.35. The van der Waals surface area contributed by atoms with Gasteiger partial charge >= 0.3 is 0 Å². The van der Waals surface area contributed by atoms with Gasteiger partial charge in [0, 0.05) is 38.9 Å². The first kappa shape index (κ1) is 26.3. The molecule has 1 aromatic heterocycles. The van der Waals surface area contributed by atoms with E-state index in [1.54, 1.807) is 0 Å². The Morgan fingerprint density at radius 2 is 0.913 bits per heavy atom. The molecule has 0 amide bonds. The SMILES string of the molecule is c1ccc(N(c2ccc(-c3ccc(-n4c5ccccc5c5ccc6ccccc6c54)cc3)cc2)c2ccc3ccccc3c2)cc1. The number of benzene rings is 8. The fourth-order valence-corrected chi connectivity index (χ4v) is 6.94. The summed E-state index contributed by atoms with van der Waals surface area (Å²) in [5, 5.41) is 7.55. The van der Waals surface area contributed by atoms with Crippen molar-refractivity contribution in [3.8, 4) is 16.8 Å². The van der Waals surface area contributed by atoms with Gasteiger partial charge in [-0.3, -0.25) is 0 Å². The van der Waals surface area contributed by atoms with Gasteiger partial charge in [0.25, 0.3) is 0 Å². The predicted molar refractivity (Wildman–Crippen MR) is 196 cm³/mol. The summed E-state index contributed by atoms with van der Waals surface area (Å²) in [5.74, 6) is 0. The van der Waals surface area contributed by atoms with E-state index in [2.05, 4.69) is 191 Å². The number of aromatic nitrogens is 1. The third-order valence-electron chi connectivity index (χ3n) is 9.15. The van der Waals surface area contributed by atoms with E-state index < -0.39 is 0 Å². The van der Waals surface area contributed by atoms with Crippen molar-refractivity contribution in [3.05, 3.63) is 182 Å². The largest absolute Gasteiger partial charge is 0.310 e. The fourth-order valence-electron chi connectivity index (χ4n) is 6.94. The Hall–Kier alpha value is -6.12. The summed E-state index contributed by atoms with van der Waals surface area (Å²) in [4.78, 5) is 2.33. The first-order chi connectivity index (χ1) is 22.8. The van der Waals surface area contributed by atoms with E-state index in [9.17, 15) is 0 Å². The van der Waals surface area contributed by atoms with Crippen LogP contribution in [-0.2, 0) is 0 Å². The number of hydrogen-bond donors (Lipinski definition) is 0. The molecule has 0 N–H and O–H groups in total. The van der Waals surface area contributed by atoms with Gasteiger partial charge in [0.2, 0.25) is 0 Å². The molecule has 0 saturated heterocycles. The highest BCUT2D eigenvalue weighted by atomic mass is 15.1. The fraction of sp³-hybridized carbons (Fsp3) is 0. The second-order valence-electron chi connectivity index (χ2n) is 11.8. The van der Waals surface area contributed by atoms with Crippen LogP contribution in [0, 0.1) is 0 Å². The first-order valence-electron chi connectivity index (χ1n) is 15.8. The van der Waals surface area contributed by atoms with E-state index in [1.165, 1.54) is 54.5 Å². The summed E-state index contributed by atoms with van der Waals surface area (Å²) in [6.07, 6.45) is 0. The number of fused-ring (bicyclic) bond motifs is 6. The van der Waals surface area contributed by atoms with Crippen LogP contribution in [0.15, 0.2) is 182 Å². The molecular formula is C44H30N2. The van der Waals surface area contributed by atoms with E-state index in [0.717, 1.165) is 22.7 Å². The van der Waals surface area contributed by atoms with Crippen molar-refractivity contribution in [2.24, 2.45) is 0 Å². The lowest BCUT2D eigenvalue weighted by Gasteiger charge is -2.26. The normalized spacial score (nSPS) is 11.5. The minimum Gasteiger partial charge on any atom is -0.310 e. The van der Waals surface area contributed by atoms with Crippen LogP contribution in [0.2, 0.25) is 0 Å². The molecule has 216 valence electrons. The Bertz CT molecular complexity index is 2510. The number of rotatable bonds is 5. The first-order valence-corrected chi connectivity index (χ1v) is 15.8. The van der Waals surface area contributed by atoms with Crippen molar-refractivity contribution < 1.29 is 0 Å². The van der Waals surface area contributed by atoms with Crippen molar-refractivity contribution in [3.63, 3.8) is 0 Å². The van der Waals surface area contributed by atoms with Crippen molar-refractivity contribution in [1.29, 1.82) is 0 Å². The Morgan fingerprint density at radius 1 is 0.348 bits per heavy atom. The summed E-state index contributed by atoms with van der Waals surface area (Å²) in [7, 11) is 0. The zero-order valence-electron chi connectivity index (χ0n) is 25.2. The van der Waals surface area contributed by atoms with Gasteiger partial charge < -0.3 is 9.47 Å². The van der Waals surface area contributed by atoms with Gasteiger partial charge in [-0.1, -0.05) is 127 Å². The Balaban J connectivity index is 1.11. The second kappa shape index (κ2) is 10.8. The van der Waals surface area contributed by atoms with Gasteiger partial charge in [-0.05, 0) is 81.9 Å². The summed E-state index contributed by atoms with van der Waals surface area (Å²) in [5.41, 5.74) is 9.42. The monoisotopic (exact) mass is 586 g/mol. The van der Waals surface area contributed by atoms with Crippen LogP contribution in [-0.4, -0.2) is 4.57 Å². The Labute approximate surface area is 268 Å². The van der Waals surface area contributed by atoms with Crippen LogP contribution in [0.1, 0.15) is 0 Å². The molecule has 0 radical (unpaired) electrons. The Kier molecular flexibility index (Phi) is 6.17. The highest BCUT2D eigenvalue weighted by Crippen LogP contribution is 2.39. The minimum atomic E-state index is 1.12. The molecule has 1 heterocycles. The minimum absolute atomic E-state index is 1.12. The van der Waals surface area contributed by atoms with Crippen LogP contribution < -0.4 is 4.90 Å².